The van der Waals surface area contributed by atoms with E-state index in [1.165, 1.54) is 29.7 Å². The number of alkyl halides is 3. The highest BCUT2D eigenvalue weighted by Gasteiger charge is 2.30. The molecule has 2 rings (SSSR count). The SMILES string of the molecule is O=C(Nc1ccc(OC(F)(F)F)cc1)Nc1ncc(Br)s1. The molecular weight excluding hydrogens is 375 g/mol. The smallest absolute Gasteiger partial charge is 0.406 e. The van der Waals surface area contributed by atoms with E-state index in [0.29, 0.717) is 10.8 Å². The molecule has 2 N–H and O–H groups in total. The Kier molecular flexibility index (Phi) is 4.68. The van der Waals surface area contributed by atoms with E-state index in [2.05, 4.69) is 36.3 Å². The first-order valence-corrected chi connectivity index (χ1v) is 6.98. The van der Waals surface area contributed by atoms with Gasteiger partial charge in [-0.1, -0.05) is 11.3 Å². The van der Waals surface area contributed by atoms with Crippen molar-refractivity contribution in [3.8, 4) is 5.75 Å². The number of urea groups is 1. The zero-order valence-electron chi connectivity index (χ0n) is 10.1. The van der Waals surface area contributed by atoms with E-state index in [-0.39, 0.29) is 5.75 Å². The van der Waals surface area contributed by atoms with Gasteiger partial charge in [0.15, 0.2) is 5.13 Å². The van der Waals surface area contributed by atoms with Crippen molar-refractivity contribution in [1.29, 1.82) is 0 Å². The van der Waals surface area contributed by atoms with Crippen LogP contribution in [0, 0.1) is 0 Å². The largest absolute Gasteiger partial charge is 0.573 e. The summed E-state index contributed by atoms with van der Waals surface area (Å²) in [6.45, 7) is 0. The van der Waals surface area contributed by atoms with Crippen LogP contribution < -0.4 is 15.4 Å². The van der Waals surface area contributed by atoms with E-state index in [1.807, 2.05) is 0 Å². The van der Waals surface area contributed by atoms with Gasteiger partial charge in [-0.25, -0.2) is 9.78 Å². The Morgan fingerprint density at radius 2 is 1.90 bits per heavy atom. The summed E-state index contributed by atoms with van der Waals surface area (Å²) in [6, 6.07) is 4.23. The van der Waals surface area contributed by atoms with E-state index >= 15 is 0 Å². The molecule has 1 aromatic heterocycles. The summed E-state index contributed by atoms with van der Waals surface area (Å²) in [5, 5.41) is 5.32. The highest BCUT2D eigenvalue weighted by molar-refractivity contribution is 9.11. The van der Waals surface area contributed by atoms with Crippen LogP contribution in [0.15, 0.2) is 34.2 Å². The summed E-state index contributed by atoms with van der Waals surface area (Å²) in [6.07, 6.45) is -3.21. The van der Waals surface area contributed by atoms with Crippen molar-refractivity contribution in [2.24, 2.45) is 0 Å². The number of thiazole rings is 1. The minimum atomic E-state index is -4.75. The highest BCUT2D eigenvalue weighted by atomic mass is 79.9. The number of carbonyl (C=O) groups excluding carboxylic acids is 1. The Morgan fingerprint density at radius 3 is 2.43 bits per heavy atom. The maximum absolute atomic E-state index is 12.0. The number of hydrogen-bond donors (Lipinski definition) is 2. The Labute approximate surface area is 129 Å². The second-order valence-electron chi connectivity index (χ2n) is 3.62. The Morgan fingerprint density at radius 1 is 1.24 bits per heavy atom. The fourth-order valence-electron chi connectivity index (χ4n) is 1.31. The van der Waals surface area contributed by atoms with Crippen LogP contribution in [0.4, 0.5) is 28.8 Å². The quantitative estimate of drug-likeness (QED) is 0.825. The summed E-state index contributed by atoms with van der Waals surface area (Å²) in [5.41, 5.74) is 0.317. The summed E-state index contributed by atoms with van der Waals surface area (Å²) < 4.78 is 40.4. The van der Waals surface area contributed by atoms with E-state index in [4.69, 9.17) is 0 Å². The third-order valence-corrected chi connectivity index (χ3v) is 3.44. The third-order valence-electron chi connectivity index (χ3n) is 2.04. The number of benzene rings is 1. The highest BCUT2D eigenvalue weighted by Crippen LogP contribution is 2.25. The van der Waals surface area contributed by atoms with E-state index in [1.54, 1.807) is 0 Å². The second kappa shape index (κ2) is 6.31. The van der Waals surface area contributed by atoms with E-state index in [0.717, 1.165) is 15.9 Å². The molecular formula is C11H7BrF3N3O2S. The number of ether oxygens (including phenoxy) is 1. The lowest BCUT2D eigenvalue weighted by Crippen LogP contribution is -2.19. The number of carbonyl (C=O) groups is 1. The minimum Gasteiger partial charge on any atom is -0.406 e. The molecule has 0 radical (unpaired) electrons. The molecule has 0 aliphatic heterocycles. The first kappa shape index (κ1) is 15.6. The number of hydrogen-bond acceptors (Lipinski definition) is 4. The number of rotatable bonds is 3. The van der Waals surface area contributed by atoms with Crippen LogP contribution >= 0.6 is 27.3 Å². The Hall–Kier alpha value is -1.81. The average molecular weight is 382 g/mol. The van der Waals surface area contributed by atoms with Crippen LogP contribution in [0.5, 0.6) is 5.75 Å². The van der Waals surface area contributed by atoms with Crippen molar-refractivity contribution >= 4 is 44.1 Å². The van der Waals surface area contributed by atoms with Gasteiger partial charge in [0.1, 0.15) is 5.75 Å². The van der Waals surface area contributed by atoms with Crippen molar-refractivity contribution in [2.75, 3.05) is 10.6 Å². The predicted octanol–water partition coefficient (Wildman–Crippen LogP) is 4.45. The lowest BCUT2D eigenvalue weighted by atomic mass is 10.3. The Bertz CT molecular complexity index is 630. The van der Waals surface area contributed by atoms with Crippen LogP contribution in [0.1, 0.15) is 0 Å². The van der Waals surface area contributed by atoms with Crippen molar-refractivity contribution in [3.05, 3.63) is 34.2 Å². The first-order valence-electron chi connectivity index (χ1n) is 5.37. The molecule has 21 heavy (non-hydrogen) atoms. The maximum Gasteiger partial charge on any atom is 0.573 e. The zero-order chi connectivity index (χ0) is 15.5. The molecule has 112 valence electrons. The standard InChI is InChI=1S/C11H7BrF3N3O2S/c12-8-5-16-10(21-8)18-9(19)17-6-1-3-7(4-2-6)20-11(13,14)15/h1-5H,(H2,16,17,18,19). The normalized spacial score (nSPS) is 11.0. The summed E-state index contributed by atoms with van der Waals surface area (Å²) in [7, 11) is 0. The van der Waals surface area contributed by atoms with Crippen molar-refractivity contribution < 1.29 is 22.7 Å². The van der Waals surface area contributed by atoms with Gasteiger partial charge in [0.05, 0.1) is 9.98 Å². The molecule has 5 nitrogen and oxygen atoms in total. The van der Waals surface area contributed by atoms with Crippen LogP contribution in [-0.2, 0) is 0 Å². The predicted molar refractivity (Wildman–Crippen MR) is 75.6 cm³/mol. The lowest BCUT2D eigenvalue weighted by Gasteiger charge is -2.10. The van der Waals surface area contributed by atoms with Gasteiger partial charge in [-0.05, 0) is 40.2 Å². The lowest BCUT2D eigenvalue weighted by molar-refractivity contribution is -0.274. The van der Waals surface area contributed by atoms with Gasteiger partial charge >= 0.3 is 12.4 Å². The molecule has 0 bridgehead atoms. The number of anilines is 2. The Balaban J connectivity index is 1.92. The molecule has 0 unspecified atom stereocenters. The minimum absolute atomic E-state index is 0.317. The summed E-state index contributed by atoms with van der Waals surface area (Å²) in [5.74, 6) is -0.364. The van der Waals surface area contributed by atoms with Crippen molar-refractivity contribution in [3.63, 3.8) is 0 Å². The topological polar surface area (TPSA) is 63.2 Å². The molecule has 10 heteroatoms. The molecule has 0 atom stereocenters. The van der Waals surface area contributed by atoms with Crippen LogP contribution in [0.3, 0.4) is 0 Å². The second-order valence-corrected chi connectivity index (χ2v) is 6.03. The average Bonchev–Trinajstić information content (AvgIpc) is 2.75. The van der Waals surface area contributed by atoms with Gasteiger partial charge in [0, 0.05) is 5.69 Å². The molecule has 0 aliphatic rings. The molecule has 0 fully saturated rings. The van der Waals surface area contributed by atoms with Crippen LogP contribution in [0.2, 0.25) is 0 Å². The number of halogens is 4. The first-order chi connectivity index (χ1) is 9.82. The number of nitrogens with zero attached hydrogens (tertiary/aromatic N) is 1. The van der Waals surface area contributed by atoms with Gasteiger partial charge in [-0.3, -0.25) is 5.32 Å². The van der Waals surface area contributed by atoms with Gasteiger partial charge in [-0.2, -0.15) is 0 Å². The number of amides is 2. The fraction of sp³-hybridized carbons (Fsp3) is 0.0909. The molecule has 2 aromatic rings. The van der Waals surface area contributed by atoms with Gasteiger partial charge in [0.25, 0.3) is 0 Å². The third kappa shape index (κ3) is 5.23. The maximum atomic E-state index is 12.0. The van der Waals surface area contributed by atoms with Gasteiger partial charge in [0.2, 0.25) is 0 Å². The van der Waals surface area contributed by atoms with Crippen LogP contribution in [0.25, 0.3) is 0 Å². The molecule has 2 amide bonds. The van der Waals surface area contributed by atoms with E-state index in [9.17, 15) is 18.0 Å². The van der Waals surface area contributed by atoms with Gasteiger partial charge in [-0.15, -0.1) is 13.2 Å². The molecule has 0 saturated heterocycles. The summed E-state index contributed by atoms with van der Waals surface area (Å²) in [4.78, 5) is 15.5. The van der Waals surface area contributed by atoms with Crippen molar-refractivity contribution in [2.45, 2.75) is 6.36 Å². The molecule has 0 spiro atoms. The van der Waals surface area contributed by atoms with Crippen LogP contribution in [-0.4, -0.2) is 17.4 Å². The molecule has 0 saturated carbocycles. The number of aromatic nitrogens is 1. The molecule has 0 aliphatic carbocycles. The zero-order valence-corrected chi connectivity index (χ0v) is 12.5. The van der Waals surface area contributed by atoms with Crippen molar-refractivity contribution in [1.82, 2.24) is 4.98 Å². The fourth-order valence-corrected chi connectivity index (χ4v) is 2.41. The molecule has 1 aromatic carbocycles. The monoisotopic (exact) mass is 381 g/mol. The number of nitrogens with one attached hydrogen (secondary N) is 2. The van der Waals surface area contributed by atoms with E-state index < -0.39 is 12.4 Å². The summed E-state index contributed by atoms with van der Waals surface area (Å²) >= 11 is 4.42. The molecule has 1 heterocycles. The van der Waals surface area contributed by atoms with Gasteiger partial charge < -0.3 is 10.1 Å².